The van der Waals surface area contributed by atoms with Gasteiger partial charge in [-0.15, -0.1) is 0 Å². The van der Waals surface area contributed by atoms with Gasteiger partial charge in [-0.3, -0.25) is 4.79 Å². The van der Waals surface area contributed by atoms with Crippen molar-refractivity contribution in [3.05, 3.63) is 18.2 Å². The molecule has 0 aromatic carbocycles. The first-order valence-electron chi connectivity index (χ1n) is 5.92. The van der Waals surface area contributed by atoms with E-state index >= 15 is 0 Å². The van der Waals surface area contributed by atoms with Gasteiger partial charge in [-0.1, -0.05) is 0 Å². The number of imidazole rings is 1. The Hall–Kier alpha value is -1.50. The standard InChI is InChI=1S/C12H19N3O3S/c1-12(2,3)18-11(17)9(6-19)15-10(16)4-8-5-13-7-14-8/h5,7,9,19H,4,6H2,1-3H3,(H,13,14)(H,15,16)/t9-/m0/s1. The molecule has 0 spiro atoms. The van der Waals surface area contributed by atoms with Crippen molar-refractivity contribution in [2.45, 2.75) is 38.8 Å². The molecule has 1 heterocycles. The number of thiol groups is 1. The van der Waals surface area contributed by atoms with Gasteiger partial charge in [0, 0.05) is 17.6 Å². The lowest BCUT2D eigenvalue weighted by Crippen LogP contribution is -2.45. The average Bonchev–Trinajstić information content (AvgIpc) is 2.75. The van der Waals surface area contributed by atoms with Crippen LogP contribution in [0.4, 0.5) is 0 Å². The van der Waals surface area contributed by atoms with E-state index in [0.717, 1.165) is 0 Å². The number of carbonyl (C=O) groups excluding carboxylic acids is 2. The quantitative estimate of drug-likeness (QED) is 0.549. The number of nitrogens with one attached hydrogen (secondary N) is 2. The normalized spacial score (nSPS) is 12.8. The number of aromatic amines is 1. The predicted octanol–water partition coefficient (Wildman–Crippen LogP) is 0.708. The highest BCUT2D eigenvalue weighted by Crippen LogP contribution is 2.09. The molecule has 0 aliphatic carbocycles. The molecule has 2 N–H and O–H groups in total. The van der Waals surface area contributed by atoms with Crippen molar-refractivity contribution in [3.8, 4) is 0 Å². The number of carbonyl (C=O) groups is 2. The van der Waals surface area contributed by atoms with Crippen LogP contribution in [0.5, 0.6) is 0 Å². The Morgan fingerprint density at radius 2 is 2.21 bits per heavy atom. The Bertz CT molecular complexity index is 426. The number of ether oxygens (including phenoxy) is 1. The molecule has 0 radical (unpaired) electrons. The van der Waals surface area contributed by atoms with E-state index in [1.807, 2.05) is 0 Å². The molecular formula is C12H19N3O3S. The van der Waals surface area contributed by atoms with Crippen molar-refractivity contribution in [1.82, 2.24) is 15.3 Å². The molecular weight excluding hydrogens is 266 g/mol. The Morgan fingerprint density at radius 3 is 2.68 bits per heavy atom. The molecule has 0 aliphatic heterocycles. The Kier molecular flexibility index (Phi) is 5.41. The van der Waals surface area contributed by atoms with Gasteiger partial charge in [0.1, 0.15) is 11.6 Å². The highest BCUT2D eigenvalue weighted by Gasteiger charge is 2.25. The third kappa shape index (κ3) is 5.78. The molecule has 106 valence electrons. The lowest BCUT2D eigenvalue weighted by molar-refractivity contribution is -0.157. The van der Waals surface area contributed by atoms with Crippen molar-refractivity contribution in [2.24, 2.45) is 0 Å². The molecule has 1 aromatic rings. The Balaban J connectivity index is 2.52. The van der Waals surface area contributed by atoms with Crippen LogP contribution < -0.4 is 5.32 Å². The number of nitrogens with zero attached hydrogens (tertiary/aromatic N) is 1. The fourth-order valence-electron chi connectivity index (χ4n) is 1.35. The van der Waals surface area contributed by atoms with E-state index in [1.54, 1.807) is 27.0 Å². The lowest BCUT2D eigenvalue weighted by Gasteiger charge is -2.23. The summed E-state index contributed by atoms with van der Waals surface area (Å²) in [6, 6.07) is -0.752. The van der Waals surface area contributed by atoms with E-state index in [9.17, 15) is 9.59 Å². The number of amides is 1. The maximum atomic E-state index is 11.8. The van der Waals surface area contributed by atoms with Crippen molar-refractivity contribution in [2.75, 3.05) is 5.75 Å². The van der Waals surface area contributed by atoms with E-state index < -0.39 is 17.6 Å². The second-order valence-electron chi connectivity index (χ2n) is 5.09. The van der Waals surface area contributed by atoms with Gasteiger partial charge in [-0.25, -0.2) is 9.78 Å². The second kappa shape index (κ2) is 6.60. The third-order valence-corrected chi connectivity index (χ3v) is 2.48. The molecule has 6 nitrogen and oxygen atoms in total. The minimum atomic E-state index is -0.752. The predicted molar refractivity (Wildman–Crippen MR) is 73.9 cm³/mol. The molecule has 1 atom stereocenters. The molecule has 19 heavy (non-hydrogen) atoms. The molecule has 7 heteroatoms. The van der Waals surface area contributed by atoms with Crippen LogP contribution in [0.15, 0.2) is 12.5 Å². The largest absolute Gasteiger partial charge is 0.458 e. The van der Waals surface area contributed by atoms with Crippen molar-refractivity contribution < 1.29 is 14.3 Å². The zero-order valence-electron chi connectivity index (χ0n) is 11.3. The van der Waals surface area contributed by atoms with E-state index in [0.29, 0.717) is 5.69 Å². The van der Waals surface area contributed by atoms with Crippen LogP contribution in [0.2, 0.25) is 0 Å². The van der Waals surface area contributed by atoms with Crippen molar-refractivity contribution >= 4 is 24.5 Å². The number of hydrogen-bond acceptors (Lipinski definition) is 5. The van der Waals surface area contributed by atoms with Gasteiger partial charge in [0.05, 0.1) is 12.7 Å². The summed E-state index contributed by atoms with van der Waals surface area (Å²) in [5.41, 5.74) is 0.0893. The summed E-state index contributed by atoms with van der Waals surface area (Å²) in [4.78, 5) is 30.2. The van der Waals surface area contributed by atoms with Gasteiger partial charge >= 0.3 is 5.97 Å². The molecule has 0 unspecified atom stereocenters. The highest BCUT2D eigenvalue weighted by molar-refractivity contribution is 7.80. The van der Waals surface area contributed by atoms with Gasteiger partial charge in [-0.2, -0.15) is 12.6 Å². The van der Waals surface area contributed by atoms with Gasteiger partial charge in [-0.05, 0) is 20.8 Å². The molecule has 0 saturated carbocycles. The summed E-state index contributed by atoms with van der Waals surface area (Å²) in [5.74, 6) is -0.585. The number of hydrogen-bond donors (Lipinski definition) is 3. The molecule has 0 saturated heterocycles. The van der Waals surface area contributed by atoms with Crippen LogP contribution in [-0.4, -0.2) is 39.2 Å². The second-order valence-corrected chi connectivity index (χ2v) is 5.45. The molecule has 0 fully saturated rings. The van der Waals surface area contributed by atoms with Gasteiger partial charge in [0.15, 0.2) is 0 Å². The fraction of sp³-hybridized carbons (Fsp3) is 0.583. The highest BCUT2D eigenvalue weighted by atomic mass is 32.1. The molecule has 0 aliphatic rings. The van der Waals surface area contributed by atoms with Crippen LogP contribution in [0.3, 0.4) is 0 Å². The topological polar surface area (TPSA) is 84.1 Å². The van der Waals surface area contributed by atoms with Crippen LogP contribution in [0, 0.1) is 0 Å². The lowest BCUT2D eigenvalue weighted by atomic mass is 10.2. The minimum absolute atomic E-state index is 0.132. The van der Waals surface area contributed by atoms with Crippen molar-refractivity contribution in [1.29, 1.82) is 0 Å². The summed E-state index contributed by atoms with van der Waals surface area (Å²) >= 11 is 4.06. The van der Waals surface area contributed by atoms with E-state index in [-0.39, 0.29) is 18.1 Å². The van der Waals surface area contributed by atoms with Crippen molar-refractivity contribution in [3.63, 3.8) is 0 Å². The fourth-order valence-corrected chi connectivity index (χ4v) is 1.59. The monoisotopic (exact) mass is 285 g/mol. The van der Waals surface area contributed by atoms with Crippen LogP contribution in [-0.2, 0) is 20.7 Å². The molecule has 1 aromatic heterocycles. The summed E-state index contributed by atoms with van der Waals surface area (Å²) in [6.07, 6.45) is 3.18. The number of aromatic nitrogens is 2. The number of esters is 1. The van der Waals surface area contributed by atoms with Gasteiger partial charge in [0.2, 0.25) is 5.91 Å². The molecule has 0 bridgehead atoms. The first kappa shape index (κ1) is 15.6. The van der Waals surface area contributed by atoms with E-state index in [4.69, 9.17) is 4.74 Å². The first-order valence-corrected chi connectivity index (χ1v) is 6.55. The van der Waals surface area contributed by atoms with Gasteiger partial charge in [0.25, 0.3) is 0 Å². The summed E-state index contributed by atoms with van der Waals surface area (Å²) in [5, 5.41) is 2.59. The maximum Gasteiger partial charge on any atom is 0.330 e. The summed E-state index contributed by atoms with van der Waals surface area (Å²) in [7, 11) is 0. The van der Waals surface area contributed by atoms with Crippen LogP contribution in [0.1, 0.15) is 26.5 Å². The van der Waals surface area contributed by atoms with E-state index in [1.165, 1.54) is 6.33 Å². The molecule has 1 amide bonds. The molecule has 1 rings (SSSR count). The Labute approximate surface area is 117 Å². The maximum absolute atomic E-state index is 11.8. The van der Waals surface area contributed by atoms with Gasteiger partial charge < -0.3 is 15.0 Å². The summed E-state index contributed by atoms with van der Waals surface area (Å²) in [6.45, 7) is 5.31. The number of rotatable bonds is 5. The van der Waals surface area contributed by atoms with E-state index in [2.05, 4.69) is 27.9 Å². The minimum Gasteiger partial charge on any atom is -0.458 e. The average molecular weight is 285 g/mol. The summed E-state index contributed by atoms with van der Waals surface area (Å²) < 4.78 is 5.20. The smallest absolute Gasteiger partial charge is 0.330 e. The SMILES string of the molecule is CC(C)(C)OC(=O)[C@H](CS)NC(=O)Cc1cnc[nH]1. The van der Waals surface area contributed by atoms with Crippen LogP contribution >= 0.6 is 12.6 Å². The van der Waals surface area contributed by atoms with Crippen LogP contribution in [0.25, 0.3) is 0 Å². The third-order valence-electron chi connectivity index (χ3n) is 2.11. The Morgan fingerprint density at radius 1 is 1.53 bits per heavy atom. The zero-order valence-corrected chi connectivity index (χ0v) is 12.2. The number of H-pyrrole nitrogens is 1. The first-order chi connectivity index (χ1) is 8.81. The zero-order chi connectivity index (χ0) is 14.5.